The lowest BCUT2D eigenvalue weighted by molar-refractivity contribution is 0.137. The van der Waals surface area contributed by atoms with Crippen molar-refractivity contribution in [3.63, 3.8) is 0 Å². The van der Waals surface area contributed by atoms with Gasteiger partial charge in [-0.15, -0.1) is 0 Å². The zero-order chi connectivity index (χ0) is 20.7. The van der Waals surface area contributed by atoms with Crippen LogP contribution >= 0.6 is 0 Å². The van der Waals surface area contributed by atoms with Crippen molar-refractivity contribution in [3.8, 4) is 0 Å². The van der Waals surface area contributed by atoms with Crippen LogP contribution in [0, 0.1) is 0 Å². The van der Waals surface area contributed by atoms with Gasteiger partial charge in [-0.3, -0.25) is 0 Å². The van der Waals surface area contributed by atoms with E-state index in [2.05, 4.69) is 33.8 Å². The molecule has 0 aliphatic carbocycles. The molecule has 3 aromatic carbocycles. The zero-order valence-corrected chi connectivity index (χ0v) is 17.1. The van der Waals surface area contributed by atoms with E-state index in [0.29, 0.717) is 12.4 Å². The Balaban J connectivity index is 1.54. The standard InChI is InChI=1S/C23H21N3O3S/c27-16(14-26-22-12-6-3-9-19(22)24-23(26)15-30(28)29)13-25-20-10-4-1-7-17(20)18-8-2-5-11-21(18)25/h1-12,16,27,30H,13-15H2. The van der Waals surface area contributed by atoms with Crippen LogP contribution in [0.4, 0.5) is 0 Å². The van der Waals surface area contributed by atoms with Crippen molar-refractivity contribution in [1.29, 1.82) is 0 Å². The molecule has 0 saturated carbocycles. The highest BCUT2D eigenvalue weighted by Gasteiger charge is 2.17. The van der Waals surface area contributed by atoms with Gasteiger partial charge in [0.25, 0.3) is 0 Å². The molecule has 0 amide bonds. The number of imidazole rings is 1. The van der Waals surface area contributed by atoms with Crippen LogP contribution in [-0.4, -0.2) is 33.7 Å². The summed E-state index contributed by atoms with van der Waals surface area (Å²) in [5.41, 5.74) is 3.69. The van der Waals surface area contributed by atoms with Gasteiger partial charge in [0.05, 0.1) is 30.2 Å². The third-order valence-electron chi connectivity index (χ3n) is 5.47. The highest BCUT2D eigenvalue weighted by atomic mass is 32.2. The molecule has 2 aromatic heterocycles. The Hall–Kier alpha value is -3.16. The average molecular weight is 420 g/mol. The number of para-hydroxylation sites is 4. The lowest BCUT2D eigenvalue weighted by atomic mass is 10.2. The van der Waals surface area contributed by atoms with Gasteiger partial charge in [-0.25, -0.2) is 13.4 Å². The number of benzene rings is 3. The number of hydrogen-bond donors (Lipinski definition) is 2. The van der Waals surface area contributed by atoms with E-state index in [1.165, 1.54) is 0 Å². The van der Waals surface area contributed by atoms with Crippen molar-refractivity contribution in [2.45, 2.75) is 24.9 Å². The maximum Gasteiger partial charge on any atom is 0.147 e. The first kappa shape index (κ1) is 18.8. The molecule has 0 aliphatic heterocycles. The van der Waals surface area contributed by atoms with Gasteiger partial charge in [0.15, 0.2) is 0 Å². The predicted octanol–water partition coefficient (Wildman–Crippen LogP) is 3.32. The van der Waals surface area contributed by atoms with E-state index in [0.717, 1.165) is 32.8 Å². The minimum absolute atomic E-state index is 0.147. The monoisotopic (exact) mass is 419 g/mol. The summed E-state index contributed by atoms with van der Waals surface area (Å²) in [6.07, 6.45) is -0.717. The molecule has 0 saturated heterocycles. The first-order valence-electron chi connectivity index (χ1n) is 9.82. The highest BCUT2D eigenvalue weighted by Crippen LogP contribution is 2.29. The molecule has 1 atom stereocenters. The molecular weight excluding hydrogens is 398 g/mol. The van der Waals surface area contributed by atoms with Gasteiger partial charge < -0.3 is 14.2 Å². The zero-order valence-electron chi connectivity index (χ0n) is 16.2. The molecule has 5 aromatic rings. The Bertz CT molecular complexity index is 1390. The molecule has 0 bridgehead atoms. The van der Waals surface area contributed by atoms with Gasteiger partial charge in [-0.1, -0.05) is 48.5 Å². The number of fused-ring (bicyclic) bond motifs is 4. The van der Waals surface area contributed by atoms with E-state index in [-0.39, 0.29) is 12.3 Å². The van der Waals surface area contributed by atoms with Crippen molar-refractivity contribution >= 4 is 43.5 Å². The SMILES string of the molecule is O=[SH](=O)Cc1nc2ccccc2n1CC(O)Cn1c2ccccc2c2ccccc21. The molecule has 5 rings (SSSR count). The maximum absolute atomic E-state index is 11.3. The summed E-state index contributed by atoms with van der Waals surface area (Å²) in [7, 11) is -2.61. The van der Waals surface area contributed by atoms with E-state index >= 15 is 0 Å². The molecule has 30 heavy (non-hydrogen) atoms. The molecule has 0 spiro atoms. The number of hydrogen-bond acceptors (Lipinski definition) is 4. The number of rotatable bonds is 6. The predicted molar refractivity (Wildman–Crippen MR) is 119 cm³/mol. The van der Waals surface area contributed by atoms with Gasteiger partial charge in [0.2, 0.25) is 0 Å². The minimum Gasteiger partial charge on any atom is -0.389 e. The van der Waals surface area contributed by atoms with E-state index in [1.54, 1.807) is 0 Å². The number of aromatic nitrogens is 3. The quantitative estimate of drug-likeness (QED) is 0.414. The van der Waals surface area contributed by atoms with Crippen molar-refractivity contribution in [2.24, 2.45) is 0 Å². The fourth-order valence-electron chi connectivity index (χ4n) is 4.24. The average Bonchev–Trinajstić information content (AvgIpc) is 3.24. The highest BCUT2D eigenvalue weighted by molar-refractivity contribution is 7.71. The Labute approximate surface area is 175 Å². The smallest absolute Gasteiger partial charge is 0.147 e. The number of aliphatic hydroxyl groups is 1. The third-order valence-corrected chi connectivity index (χ3v) is 6.01. The second-order valence-corrected chi connectivity index (χ2v) is 8.40. The van der Waals surface area contributed by atoms with Crippen molar-refractivity contribution < 1.29 is 13.5 Å². The first-order chi connectivity index (χ1) is 14.6. The van der Waals surface area contributed by atoms with Crippen molar-refractivity contribution in [1.82, 2.24) is 14.1 Å². The Morgan fingerprint density at radius 1 is 0.767 bits per heavy atom. The van der Waals surface area contributed by atoms with Crippen LogP contribution in [0.2, 0.25) is 0 Å². The van der Waals surface area contributed by atoms with Crippen LogP contribution in [0.15, 0.2) is 72.8 Å². The topological polar surface area (TPSA) is 77.1 Å². The molecule has 0 radical (unpaired) electrons. The minimum atomic E-state index is -2.61. The molecule has 1 N–H and O–H groups in total. The molecule has 2 heterocycles. The summed E-state index contributed by atoms with van der Waals surface area (Å²) >= 11 is 0. The fourth-order valence-corrected chi connectivity index (χ4v) is 4.72. The van der Waals surface area contributed by atoms with Crippen LogP contribution in [0.25, 0.3) is 32.8 Å². The fraction of sp³-hybridized carbons (Fsp3) is 0.174. The van der Waals surface area contributed by atoms with Crippen molar-refractivity contribution in [2.75, 3.05) is 0 Å². The number of nitrogens with zero attached hydrogens (tertiary/aromatic N) is 3. The van der Waals surface area contributed by atoms with Crippen molar-refractivity contribution in [3.05, 3.63) is 78.6 Å². The summed E-state index contributed by atoms with van der Waals surface area (Å²) < 4.78 is 26.6. The lowest BCUT2D eigenvalue weighted by Crippen LogP contribution is -2.23. The van der Waals surface area contributed by atoms with Crippen LogP contribution < -0.4 is 0 Å². The van der Waals surface area contributed by atoms with Crippen LogP contribution in [-0.2, 0) is 29.5 Å². The van der Waals surface area contributed by atoms with Crippen LogP contribution in [0.5, 0.6) is 0 Å². The van der Waals surface area contributed by atoms with Gasteiger partial charge in [0.1, 0.15) is 22.3 Å². The van der Waals surface area contributed by atoms with Gasteiger partial charge >= 0.3 is 0 Å². The van der Waals surface area contributed by atoms with E-state index in [4.69, 9.17) is 0 Å². The number of aliphatic hydroxyl groups excluding tert-OH is 1. The number of thiol groups is 1. The van der Waals surface area contributed by atoms with Gasteiger partial charge in [-0.05, 0) is 24.3 Å². The summed E-state index contributed by atoms with van der Waals surface area (Å²) in [6.45, 7) is 0.656. The van der Waals surface area contributed by atoms with E-state index in [9.17, 15) is 13.5 Å². The molecule has 152 valence electrons. The Morgan fingerprint density at radius 2 is 1.30 bits per heavy atom. The second-order valence-electron chi connectivity index (χ2n) is 7.42. The summed E-state index contributed by atoms with van der Waals surface area (Å²) in [5, 5.41) is 13.3. The first-order valence-corrected chi connectivity index (χ1v) is 11.2. The molecule has 1 unspecified atom stereocenters. The molecular formula is C23H21N3O3S. The maximum atomic E-state index is 11.3. The second kappa shape index (κ2) is 7.59. The van der Waals surface area contributed by atoms with Gasteiger partial charge in [0, 0.05) is 21.8 Å². The summed E-state index contributed by atoms with van der Waals surface area (Å²) in [5.74, 6) is 0.306. The van der Waals surface area contributed by atoms with E-state index < -0.39 is 16.8 Å². The molecule has 0 fully saturated rings. The molecule has 7 heteroatoms. The van der Waals surface area contributed by atoms with Gasteiger partial charge in [-0.2, -0.15) is 0 Å². The normalized spacial score (nSPS) is 13.0. The van der Waals surface area contributed by atoms with Crippen LogP contribution in [0.3, 0.4) is 0 Å². The van der Waals surface area contributed by atoms with Crippen LogP contribution in [0.1, 0.15) is 5.82 Å². The Morgan fingerprint density at radius 3 is 1.93 bits per heavy atom. The summed E-state index contributed by atoms with van der Waals surface area (Å²) in [6, 6.07) is 23.8. The largest absolute Gasteiger partial charge is 0.389 e. The lowest BCUT2D eigenvalue weighted by Gasteiger charge is -2.16. The summed E-state index contributed by atoms with van der Waals surface area (Å²) in [4.78, 5) is 4.46. The Kier molecular flexibility index (Phi) is 4.77. The van der Waals surface area contributed by atoms with E-state index in [1.807, 2.05) is 53.1 Å². The molecule has 0 aliphatic rings. The third kappa shape index (κ3) is 3.26. The molecule has 6 nitrogen and oxygen atoms in total.